The van der Waals surface area contributed by atoms with Crippen molar-refractivity contribution in [3.63, 3.8) is 0 Å². The molecule has 0 aliphatic rings. The van der Waals surface area contributed by atoms with Crippen molar-refractivity contribution in [3.05, 3.63) is 97.1 Å². The van der Waals surface area contributed by atoms with Crippen LogP contribution in [-0.4, -0.2) is 11.9 Å². The molecule has 4 aromatic rings. The minimum Gasteiger partial charge on any atom is -0.423 e. The second-order valence-electron chi connectivity index (χ2n) is 7.66. The van der Waals surface area contributed by atoms with Gasteiger partial charge < -0.3 is 9.47 Å². The van der Waals surface area contributed by atoms with Crippen LogP contribution in [0.4, 0.5) is 0 Å². The highest BCUT2D eigenvalue weighted by atomic mass is 16.5. The molecule has 4 rings (SSSR count). The lowest BCUT2D eigenvalue weighted by atomic mass is 9.92. The van der Waals surface area contributed by atoms with Crippen molar-refractivity contribution in [1.29, 1.82) is 0 Å². The summed E-state index contributed by atoms with van der Waals surface area (Å²) in [6.45, 7) is 10.6. The van der Waals surface area contributed by atoms with E-state index in [2.05, 4.69) is 13.2 Å². The van der Waals surface area contributed by atoms with Gasteiger partial charge in [-0.1, -0.05) is 73.8 Å². The van der Waals surface area contributed by atoms with Crippen LogP contribution < -0.4 is 9.47 Å². The molecular formula is C28H22O4. The van der Waals surface area contributed by atoms with Gasteiger partial charge in [-0.25, -0.2) is 9.59 Å². The molecule has 0 bridgehead atoms. The fraction of sp³-hybridized carbons (Fsp3) is 0.0714. The zero-order valence-corrected chi connectivity index (χ0v) is 18.0. The molecule has 0 heterocycles. The molecule has 4 aromatic carbocycles. The summed E-state index contributed by atoms with van der Waals surface area (Å²) in [5.41, 5.74) is 1.91. The van der Waals surface area contributed by atoms with E-state index in [1.54, 1.807) is 26.0 Å². The molecular weight excluding hydrogens is 400 g/mol. The molecule has 0 aliphatic carbocycles. The topological polar surface area (TPSA) is 52.6 Å². The number of fused-ring (bicyclic) bond motifs is 2. The van der Waals surface area contributed by atoms with E-state index in [0.717, 1.165) is 21.5 Å². The highest BCUT2D eigenvalue weighted by molar-refractivity contribution is 6.11. The van der Waals surface area contributed by atoms with Crippen molar-refractivity contribution < 1.29 is 19.1 Å². The van der Waals surface area contributed by atoms with Crippen LogP contribution in [0, 0.1) is 0 Å². The number of hydrogen-bond acceptors (Lipinski definition) is 4. The second-order valence-corrected chi connectivity index (χ2v) is 7.66. The SMILES string of the molecule is C=C(C)C(=O)Oc1ccc2ccccc2c1-c1c(OC(=O)C(=C)C)ccc2ccccc12. The van der Waals surface area contributed by atoms with Gasteiger partial charge in [-0.2, -0.15) is 0 Å². The van der Waals surface area contributed by atoms with E-state index in [0.29, 0.717) is 22.6 Å². The Kier molecular flexibility index (Phi) is 5.61. The Morgan fingerprint density at radius 2 is 0.969 bits per heavy atom. The van der Waals surface area contributed by atoms with Crippen molar-refractivity contribution in [3.8, 4) is 22.6 Å². The Labute approximate surface area is 186 Å². The maximum Gasteiger partial charge on any atom is 0.338 e. The van der Waals surface area contributed by atoms with Gasteiger partial charge in [0.25, 0.3) is 0 Å². The molecule has 0 unspecified atom stereocenters. The van der Waals surface area contributed by atoms with Crippen LogP contribution in [0.5, 0.6) is 11.5 Å². The van der Waals surface area contributed by atoms with Gasteiger partial charge in [-0.3, -0.25) is 0 Å². The first-order valence-electron chi connectivity index (χ1n) is 10.2. The summed E-state index contributed by atoms with van der Waals surface area (Å²) in [4.78, 5) is 24.9. The first-order chi connectivity index (χ1) is 15.4. The van der Waals surface area contributed by atoms with Gasteiger partial charge in [-0.05, 0) is 47.5 Å². The minimum atomic E-state index is -0.526. The van der Waals surface area contributed by atoms with Crippen LogP contribution in [0.15, 0.2) is 97.1 Å². The predicted octanol–water partition coefficient (Wildman–Crippen LogP) is 6.62. The van der Waals surface area contributed by atoms with E-state index in [1.165, 1.54) is 0 Å². The first-order valence-corrected chi connectivity index (χ1v) is 10.2. The van der Waals surface area contributed by atoms with Crippen LogP contribution >= 0.6 is 0 Å². The zero-order valence-electron chi connectivity index (χ0n) is 18.0. The molecule has 0 N–H and O–H groups in total. The Bertz CT molecular complexity index is 1300. The van der Waals surface area contributed by atoms with Crippen LogP contribution in [-0.2, 0) is 9.59 Å². The Morgan fingerprint density at radius 1 is 0.594 bits per heavy atom. The van der Waals surface area contributed by atoms with Gasteiger partial charge in [0.15, 0.2) is 0 Å². The second kappa shape index (κ2) is 8.52. The van der Waals surface area contributed by atoms with Gasteiger partial charge in [0.1, 0.15) is 11.5 Å². The van der Waals surface area contributed by atoms with Crippen LogP contribution in [0.1, 0.15) is 13.8 Å². The van der Waals surface area contributed by atoms with E-state index in [1.807, 2.05) is 60.7 Å². The number of carbonyl (C=O) groups is 2. The van der Waals surface area contributed by atoms with Crippen molar-refractivity contribution in [1.82, 2.24) is 0 Å². The maximum absolute atomic E-state index is 12.4. The number of ether oxygens (including phenoxy) is 2. The van der Waals surface area contributed by atoms with E-state index in [-0.39, 0.29) is 11.1 Å². The quantitative estimate of drug-likeness (QED) is 0.206. The average molecular weight is 422 g/mol. The van der Waals surface area contributed by atoms with Crippen LogP contribution in [0.3, 0.4) is 0 Å². The highest BCUT2D eigenvalue weighted by Crippen LogP contribution is 2.45. The largest absolute Gasteiger partial charge is 0.423 e. The molecule has 0 atom stereocenters. The Hall–Kier alpha value is -4.18. The van der Waals surface area contributed by atoms with Crippen molar-refractivity contribution in [2.75, 3.05) is 0 Å². The molecule has 0 spiro atoms. The minimum absolute atomic E-state index is 0.288. The third-order valence-electron chi connectivity index (χ3n) is 5.13. The van der Waals surface area contributed by atoms with Crippen LogP contribution in [0.2, 0.25) is 0 Å². The lowest BCUT2D eigenvalue weighted by molar-refractivity contribution is -0.131. The summed E-state index contributed by atoms with van der Waals surface area (Å²) in [5.74, 6) is -0.328. The summed E-state index contributed by atoms with van der Waals surface area (Å²) in [5, 5.41) is 3.65. The molecule has 4 heteroatoms. The molecule has 0 fully saturated rings. The lowest BCUT2D eigenvalue weighted by Crippen LogP contribution is -2.11. The summed E-state index contributed by atoms with van der Waals surface area (Å²) in [6.07, 6.45) is 0. The predicted molar refractivity (Wildman–Crippen MR) is 128 cm³/mol. The van der Waals surface area contributed by atoms with E-state index in [9.17, 15) is 9.59 Å². The van der Waals surface area contributed by atoms with Crippen molar-refractivity contribution in [2.24, 2.45) is 0 Å². The highest BCUT2D eigenvalue weighted by Gasteiger charge is 2.22. The Balaban J connectivity index is 2.09. The van der Waals surface area contributed by atoms with Crippen molar-refractivity contribution >= 4 is 33.5 Å². The van der Waals surface area contributed by atoms with E-state index in [4.69, 9.17) is 9.47 Å². The number of benzene rings is 4. The fourth-order valence-electron chi connectivity index (χ4n) is 3.56. The molecule has 0 aliphatic heterocycles. The molecule has 0 radical (unpaired) electrons. The molecule has 158 valence electrons. The lowest BCUT2D eigenvalue weighted by Gasteiger charge is -2.18. The van der Waals surface area contributed by atoms with Gasteiger partial charge in [0.2, 0.25) is 0 Å². The number of esters is 2. The number of rotatable bonds is 5. The zero-order chi connectivity index (χ0) is 22.8. The molecule has 0 saturated carbocycles. The summed E-state index contributed by atoms with van der Waals surface area (Å²) in [7, 11) is 0. The average Bonchev–Trinajstić information content (AvgIpc) is 2.79. The van der Waals surface area contributed by atoms with Gasteiger partial charge in [0, 0.05) is 22.3 Å². The van der Waals surface area contributed by atoms with E-state index < -0.39 is 11.9 Å². The normalized spacial score (nSPS) is 10.7. The fourth-order valence-corrected chi connectivity index (χ4v) is 3.56. The summed E-state index contributed by atoms with van der Waals surface area (Å²) < 4.78 is 11.5. The molecule has 0 saturated heterocycles. The summed E-state index contributed by atoms with van der Waals surface area (Å²) in [6, 6.07) is 22.9. The molecule has 4 nitrogen and oxygen atoms in total. The monoisotopic (exact) mass is 422 g/mol. The summed E-state index contributed by atoms with van der Waals surface area (Å²) >= 11 is 0. The Morgan fingerprint density at radius 3 is 1.34 bits per heavy atom. The molecule has 0 amide bonds. The van der Waals surface area contributed by atoms with Crippen molar-refractivity contribution in [2.45, 2.75) is 13.8 Å². The van der Waals surface area contributed by atoms with Gasteiger partial charge in [-0.15, -0.1) is 0 Å². The molecule has 32 heavy (non-hydrogen) atoms. The van der Waals surface area contributed by atoms with Gasteiger partial charge in [0.05, 0.1) is 0 Å². The maximum atomic E-state index is 12.4. The number of carbonyl (C=O) groups excluding carboxylic acids is 2. The third kappa shape index (κ3) is 3.91. The van der Waals surface area contributed by atoms with Gasteiger partial charge >= 0.3 is 11.9 Å². The molecule has 0 aromatic heterocycles. The number of hydrogen-bond donors (Lipinski definition) is 0. The smallest absolute Gasteiger partial charge is 0.338 e. The third-order valence-corrected chi connectivity index (χ3v) is 5.13. The van der Waals surface area contributed by atoms with E-state index >= 15 is 0 Å². The standard InChI is InChI=1S/C28H22O4/c1-17(2)27(29)31-23-15-13-19-9-5-7-11-21(19)25(23)26-22-12-8-6-10-20(22)14-16-24(26)32-28(30)18(3)4/h5-16H,1,3H2,2,4H3. The first kappa shape index (κ1) is 21.1. The van der Waals surface area contributed by atoms with Crippen LogP contribution in [0.25, 0.3) is 32.7 Å².